The van der Waals surface area contributed by atoms with Gasteiger partial charge in [0.1, 0.15) is 6.04 Å². The van der Waals surface area contributed by atoms with E-state index in [0.717, 1.165) is 37.0 Å². The Morgan fingerprint density at radius 3 is 2.16 bits per heavy atom. The molecule has 0 radical (unpaired) electrons. The highest BCUT2D eigenvalue weighted by atomic mass is 16.2. The fourth-order valence-corrected chi connectivity index (χ4v) is 3.77. The van der Waals surface area contributed by atoms with Crippen molar-refractivity contribution in [2.24, 2.45) is 5.92 Å². The van der Waals surface area contributed by atoms with Crippen LogP contribution in [0.5, 0.6) is 0 Å². The highest BCUT2D eigenvalue weighted by molar-refractivity contribution is 6.02. The van der Waals surface area contributed by atoms with Crippen molar-refractivity contribution < 1.29 is 9.59 Å². The second-order valence-electron chi connectivity index (χ2n) is 8.13. The fraction of sp³-hybridized carbons (Fsp3) is 0.333. The maximum Gasteiger partial charge on any atom is 0.251 e. The third-order valence-corrected chi connectivity index (χ3v) is 5.47. The normalized spacial score (nSPS) is 14.6. The summed E-state index contributed by atoms with van der Waals surface area (Å²) in [5, 5.41) is 5.82. The third-order valence-electron chi connectivity index (χ3n) is 5.47. The standard InChI is InChI=1S/C24H27N5O2/c1-16(2)20(27-23(30)17-10-4-3-5-11-17)24(31)28-21-22(29-14-8-9-15-29)26-19-13-7-6-12-18(19)25-21/h3-7,10-13,16,20H,8-9,14-15H2,1-2H3,(H,27,30)(H,25,28,31). The minimum Gasteiger partial charge on any atom is -0.354 e. The second kappa shape index (κ2) is 9.12. The minimum absolute atomic E-state index is 0.101. The zero-order chi connectivity index (χ0) is 21.8. The lowest BCUT2D eigenvalue weighted by molar-refractivity contribution is -0.118. The molecule has 7 nitrogen and oxygen atoms in total. The van der Waals surface area contributed by atoms with E-state index >= 15 is 0 Å². The zero-order valence-electron chi connectivity index (χ0n) is 17.8. The van der Waals surface area contributed by atoms with Crippen LogP contribution in [0, 0.1) is 5.92 Å². The van der Waals surface area contributed by atoms with Crippen LogP contribution in [0.25, 0.3) is 11.0 Å². The smallest absolute Gasteiger partial charge is 0.251 e. The summed E-state index contributed by atoms with van der Waals surface area (Å²) >= 11 is 0. The van der Waals surface area contributed by atoms with Crippen molar-refractivity contribution in [1.29, 1.82) is 0 Å². The van der Waals surface area contributed by atoms with Gasteiger partial charge in [0.25, 0.3) is 5.91 Å². The van der Waals surface area contributed by atoms with Crippen molar-refractivity contribution in [1.82, 2.24) is 15.3 Å². The molecule has 1 atom stereocenters. The number of hydrogen-bond acceptors (Lipinski definition) is 5. The lowest BCUT2D eigenvalue weighted by Gasteiger charge is -2.24. The topological polar surface area (TPSA) is 87.2 Å². The number of carbonyl (C=O) groups is 2. The summed E-state index contributed by atoms with van der Waals surface area (Å²) < 4.78 is 0. The average molecular weight is 418 g/mol. The average Bonchev–Trinajstić information content (AvgIpc) is 3.32. The van der Waals surface area contributed by atoms with Gasteiger partial charge in [0.15, 0.2) is 11.6 Å². The Balaban J connectivity index is 1.60. The van der Waals surface area contributed by atoms with E-state index in [2.05, 4.69) is 20.5 Å². The molecule has 7 heteroatoms. The number of nitrogens with one attached hydrogen (secondary N) is 2. The van der Waals surface area contributed by atoms with Crippen molar-refractivity contribution in [3.8, 4) is 0 Å². The van der Waals surface area contributed by atoms with E-state index < -0.39 is 6.04 Å². The number of rotatable bonds is 6. The first-order chi connectivity index (χ1) is 15.0. The van der Waals surface area contributed by atoms with Gasteiger partial charge in [-0.1, -0.05) is 44.2 Å². The number of benzene rings is 2. The number of aromatic nitrogens is 2. The summed E-state index contributed by atoms with van der Waals surface area (Å²) in [4.78, 5) is 37.5. The Kier molecular flexibility index (Phi) is 6.11. The van der Waals surface area contributed by atoms with E-state index in [1.54, 1.807) is 24.3 Å². The largest absolute Gasteiger partial charge is 0.354 e. The molecule has 0 bridgehead atoms. The first-order valence-electron chi connectivity index (χ1n) is 10.7. The van der Waals surface area contributed by atoms with Gasteiger partial charge < -0.3 is 15.5 Å². The Hall–Kier alpha value is -3.48. The molecule has 2 N–H and O–H groups in total. The van der Waals surface area contributed by atoms with E-state index in [4.69, 9.17) is 4.98 Å². The van der Waals surface area contributed by atoms with Crippen LogP contribution in [0.1, 0.15) is 37.0 Å². The molecule has 1 saturated heterocycles. The van der Waals surface area contributed by atoms with E-state index in [0.29, 0.717) is 17.2 Å². The lowest BCUT2D eigenvalue weighted by Crippen LogP contribution is -2.47. The van der Waals surface area contributed by atoms with Gasteiger partial charge in [-0.3, -0.25) is 9.59 Å². The fourth-order valence-electron chi connectivity index (χ4n) is 3.77. The van der Waals surface area contributed by atoms with Crippen LogP contribution in [0.3, 0.4) is 0 Å². The molecule has 1 unspecified atom stereocenters. The second-order valence-corrected chi connectivity index (χ2v) is 8.13. The summed E-state index contributed by atoms with van der Waals surface area (Å²) in [6.45, 7) is 5.58. The lowest BCUT2D eigenvalue weighted by atomic mass is 10.0. The van der Waals surface area contributed by atoms with Crippen LogP contribution in [0.15, 0.2) is 54.6 Å². The van der Waals surface area contributed by atoms with Crippen molar-refractivity contribution in [3.05, 3.63) is 60.2 Å². The van der Waals surface area contributed by atoms with E-state index in [-0.39, 0.29) is 17.7 Å². The van der Waals surface area contributed by atoms with Crippen LogP contribution >= 0.6 is 0 Å². The molecule has 1 aromatic heterocycles. The molecule has 0 spiro atoms. The predicted molar refractivity (Wildman–Crippen MR) is 122 cm³/mol. The molecule has 1 fully saturated rings. The monoisotopic (exact) mass is 417 g/mol. The van der Waals surface area contributed by atoms with Crippen LogP contribution < -0.4 is 15.5 Å². The Labute approximate surface area is 181 Å². The van der Waals surface area contributed by atoms with Crippen molar-refractivity contribution in [2.45, 2.75) is 32.7 Å². The quantitative estimate of drug-likeness (QED) is 0.640. The number of carbonyl (C=O) groups excluding carboxylic acids is 2. The Bertz CT molecular complexity index is 1080. The third kappa shape index (κ3) is 4.66. The van der Waals surface area contributed by atoms with Gasteiger partial charge >= 0.3 is 0 Å². The predicted octanol–water partition coefficient (Wildman–Crippen LogP) is 3.62. The van der Waals surface area contributed by atoms with Crippen LogP contribution in [0.2, 0.25) is 0 Å². The van der Waals surface area contributed by atoms with Gasteiger partial charge in [0.05, 0.1) is 11.0 Å². The summed E-state index contributed by atoms with van der Waals surface area (Å²) in [6.07, 6.45) is 2.17. The molecule has 4 rings (SSSR count). The summed E-state index contributed by atoms with van der Waals surface area (Å²) in [5.41, 5.74) is 2.03. The molecular formula is C24H27N5O2. The first kappa shape index (κ1) is 20.8. The summed E-state index contributed by atoms with van der Waals surface area (Å²) in [5.74, 6) is 0.436. The molecule has 1 aliphatic heterocycles. The van der Waals surface area contributed by atoms with Crippen molar-refractivity contribution in [2.75, 3.05) is 23.3 Å². The maximum absolute atomic E-state index is 13.2. The highest BCUT2D eigenvalue weighted by Gasteiger charge is 2.27. The number of para-hydroxylation sites is 2. The van der Waals surface area contributed by atoms with E-state index in [1.807, 2.05) is 44.2 Å². The summed E-state index contributed by atoms with van der Waals surface area (Å²) in [7, 11) is 0. The maximum atomic E-state index is 13.2. The zero-order valence-corrected chi connectivity index (χ0v) is 17.8. The SMILES string of the molecule is CC(C)C(NC(=O)c1ccccc1)C(=O)Nc1nc2ccccc2nc1N1CCCC1. The first-order valence-corrected chi connectivity index (χ1v) is 10.7. The molecule has 0 saturated carbocycles. The molecule has 2 heterocycles. The van der Waals surface area contributed by atoms with Gasteiger partial charge in [0, 0.05) is 18.7 Å². The van der Waals surface area contributed by atoms with E-state index in [1.165, 1.54) is 0 Å². The van der Waals surface area contributed by atoms with Crippen LogP contribution in [0.4, 0.5) is 11.6 Å². The molecule has 160 valence electrons. The number of nitrogens with zero attached hydrogens (tertiary/aromatic N) is 3. The number of fused-ring (bicyclic) bond motifs is 1. The Morgan fingerprint density at radius 1 is 0.903 bits per heavy atom. The number of anilines is 2. The van der Waals surface area contributed by atoms with Gasteiger partial charge in [-0.25, -0.2) is 9.97 Å². The number of amides is 2. The highest BCUT2D eigenvalue weighted by Crippen LogP contribution is 2.28. The van der Waals surface area contributed by atoms with Gasteiger partial charge in [0.2, 0.25) is 5.91 Å². The van der Waals surface area contributed by atoms with Crippen LogP contribution in [-0.4, -0.2) is 40.9 Å². The molecular weight excluding hydrogens is 390 g/mol. The molecule has 2 aromatic carbocycles. The molecule has 3 aromatic rings. The minimum atomic E-state index is -0.701. The Morgan fingerprint density at radius 2 is 1.52 bits per heavy atom. The molecule has 31 heavy (non-hydrogen) atoms. The van der Waals surface area contributed by atoms with Gasteiger partial charge in [-0.15, -0.1) is 0 Å². The summed E-state index contributed by atoms with van der Waals surface area (Å²) in [6, 6.07) is 15.8. The molecule has 2 amide bonds. The van der Waals surface area contributed by atoms with Gasteiger partial charge in [-0.05, 0) is 43.0 Å². The van der Waals surface area contributed by atoms with Crippen molar-refractivity contribution >= 4 is 34.5 Å². The number of hydrogen-bond donors (Lipinski definition) is 2. The van der Waals surface area contributed by atoms with E-state index in [9.17, 15) is 9.59 Å². The van der Waals surface area contributed by atoms with Crippen molar-refractivity contribution in [3.63, 3.8) is 0 Å². The van der Waals surface area contributed by atoms with Crippen LogP contribution in [-0.2, 0) is 4.79 Å². The molecule has 0 aliphatic carbocycles. The van der Waals surface area contributed by atoms with Gasteiger partial charge in [-0.2, -0.15) is 0 Å². The molecule has 1 aliphatic rings.